The molecule has 0 radical (unpaired) electrons. The first-order valence-electron chi connectivity index (χ1n) is 6.47. The lowest BCUT2D eigenvalue weighted by molar-refractivity contribution is 0.723. The Morgan fingerprint density at radius 2 is 2.26 bits per heavy atom. The lowest BCUT2D eigenvalue weighted by atomic mass is 10.3. The number of imidazole rings is 1. The molecule has 1 N–H and O–H groups in total. The van der Waals surface area contributed by atoms with Gasteiger partial charge < -0.3 is 9.88 Å². The zero-order valence-electron chi connectivity index (χ0n) is 10.8. The van der Waals surface area contributed by atoms with Gasteiger partial charge in [-0.25, -0.2) is 15.0 Å². The molecule has 19 heavy (non-hydrogen) atoms. The third kappa shape index (κ3) is 2.87. The van der Waals surface area contributed by atoms with Crippen molar-refractivity contribution in [2.45, 2.75) is 32.2 Å². The van der Waals surface area contributed by atoms with Crippen LogP contribution in [-0.2, 0) is 6.54 Å². The highest BCUT2D eigenvalue weighted by Crippen LogP contribution is 2.39. The lowest BCUT2D eigenvalue weighted by Crippen LogP contribution is -2.12. The van der Waals surface area contributed by atoms with Crippen molar-refractivity contribution < 1.29 is 0 Å². The van der Waals surface area contributed by atoms with E-state index in [0.717, 1.165) is 30.3 Å². The van der Waals surface area contributed by atoms with Crippen LogP contribution in [0.2, 0.25) is 5.15 Å². The summed E-state index contributed by atoms with van der Waals surface area (Å²) >= 11 is 6.16. The zero-order chi connectivity index (χ0) is 13.2. The van der Waals surface area contributed by atoms with Crippen LogP contribution in [0.25, 0.3) is 0 Å². The normalized spacial score (nSPS) is 14.6. The second-order valence-corrected chi connectivity index (χ2v) is 5.21. The van der Waals surface area contributed by atoms with Crippen LogP contribution < -0.4 is 5.32 Å². The van der Waals surface area contributed by atoms with Crippen molar-refractivity contribution in [3.8, 4) is 0 Å². The fourth-order valence-electron chi connectivity index (χ4n) is 1.92. The second-order valence-electron chi connectivity index (χ2n) is 4.85. The van der Waals surface area contributed by atoms with Crippen LogP contribution in [0.1, 0.15) is 30.1 Å². The predicted octanol–water partition coefficient (Wildman–Crippen LogP) is 2.62. The van der Waals surface area contributed by atoms with Crippen LogP contribution in [0.3, 0.4) is 0 Å². The summed E-state index contributed by atoms with van der Waals surface area (Å²) < 4.78 is 2.02. The number of nitrogens with one attached hydrogen (secondary N) is 1. The number of hydrogen-bond donors (Lipinski definition) is 1. The topological polar surface area (TPSA) is 55.6 Å². The molecule has 1 aliphatic rings. The minimum atomic E-state index is 0.507. The molecular weight excluding hydrogens is 262 g/mol. The molecule has 0 saturated heterocycles. The Kier molecular flexibility index (Phi) is 3.38. The van der Waals surface area contributed by atoms with Crippen molar-refractivity contribution in [3.05, 3.63) is 35.3 Å². The van der Waals surface area contributed by atoms with Gasteiger partial charge in [-0.05, 0) is 19.8 Å². The van der Waals surface area contributed by atoms with Gasteiger partial charge in [-0.1, -0.05) is 11.6 Å². The Hall–Kier alpha value is -1.62. The van der Waals surface area contributed by atoms with Crippen LogP contribution in [0, 0.1) is 6.92 Å². The van der Waals surface area contributed by atoms with E-state index in [1.807, 2.05) is 17.7 Å². The average Bonchev–Trinajstić information content (AvgIpc) is 3.12. The van der Waals surface area contributed by atoms with Gasteiger partial charge in [0.2, 0.25) is 0 Å². The number of halogens is 1. The van der Waals surface area contributed by atoms with Gasteiger partial charge in [0, 0.05) is 37.0 Å². The molecule has 0 aliphatic heterocycles. The summed E-state index contributed by atoms with van der Waals surface area (Å²) in [4.78, 5) is 12.9. The summed E-state index contributed by atoms with van der Waals surface area (Å²) in [5, 5.41) is 3.89. The standard InChI is InChI=1S/C13H16ClN5/c1-9-11(14)17-13(10-2-3-10)18-12(9)16-5-7-19-6-4-15-8-19/h4,6,8,10H,2-3,5,7H2,1H3,(H,16,17,18). The van der Waals surface area contributed by atoms with Crippen LogP contribution in [0.5, 0.6) is 0 Å². The molecule has 0 spiro atoms. The van der Waals surface area contributed by atoms with E-state index >= 15 is 0 Å². The molecule has 6 heteroatoms. The van der Waals surface area contributed by atoms with Crippen molar-refractivity contribution in [2.75, 3.05) is 11.9 Å². The Morgan fingerprint density at radius 1 is 1.42 bits per heavy atom. The van der Waals surface area contributed by atoms with Gasteiger partial charge in [0.05, 0.1) is 6.33 Å². The van der Waals surface area contributed by atoms with Crippen molar-refractivity contribution in [1.82, 2.24) is 19.5 Å². The summed E-state index contributed by atoms with van der Waals surface area (Å²) in [5.74, 6) is 2.23. The molecule has 1 fully saturated rings. The molecule has 2 heterocycles. The van der Waals surface area contributed by atoms with Crippen molar-refractivity contribution in [2.24, 2.45) is 0 Å². The van der Waals surface area contributed by atoms with Gasteiger partial charge >= 0.3 is 0 Å². The molecule has 100 valence electrons. The summed E-state index contributed by atoms with van der Waals surface area (Å²) in [6.07, 6.45) is 7.87. The minimum Gasteiger partial charge on any atom is -0.368 e. The van der Waals surface area contributed by atoms with E-state index in [9.17, 15) is 0 Å². The van der Waals surface area contributed by atoms with Crippen LogP contribution in [0.4, 0.5) is 5.82 Å². The first kappa shape index (κ1) is 12.4. The van der Waals surface area contributed by atoms with E-state index in [4.69, 9.17) is 11.6 Å². The van der Waals surface area contributed by atoms with Gasteiger partial charge in [-0.3, -0.25) is 0 Å². The number of hydrogen-bond acceptors (Lipinski definition) is 4. The molecule has 1 saturated carbocycles. The lowest BCUT2D eigenvalue weighted by Gasteiger charge is -2.11. The van der Waals surface area contributed by atoms with Gasteiger partial charge in [-0.15, -0.1) is 0 Å². The van der Waals surface area contributed by atoms with E-state index in [0.29, 0.717) is 11.1 Å². The van der Waals surface area contributed by atoms with E-state index in [1.54, 1.807) is 12.5 Å². The van der Waals surface area contributed by atoms with E-state index in [2.05, 4.69) is 20.3 Å². The fraction of sp³-hybridized carbons (Fsp3) is 0.462. The van der Waals surface area contributed by atoms with E-state index in [-0.39, 0.29) is 0 Å². The second kappa shape index (κ2) is 5.17. The van der Waals surface area contributed by atoms with Gasteiger partial charge in [0.15, 0.2) is 0 Å². The van der Waals surface area contributed by atoms with Crippen LogP contribution >= 0.6 is 11.6 Å². The maximum absolute atomic E-state index is 6.16. The molecule has 5 nitrogen and oxygen atoms in total. The maximum atomic E-state index is 6.16. The molecule has 2 aromatic rings. The quantitative estimate of drug-likeness (QED) is 0.854. The molecule has 0 aromatic carbocycles. The van der Waals surface area contributed by atoms with E-state index < -0.39 is 0 Å². The van der Waals surface area contributed by atoms with Crippen LogP contribution in [-0.4, -0.2) is 26.1 Å². The number of rotatable bonds is 5. The molecular formula is C13H16ClN5. The molecule has 0 amide bonds. The summed E-state index contributed by atoms with van der Waals surface area (Å²) in [5.41, 5.74) is 0.914. The van der Waals surface area contributed by atoms with Crippen molar-refractivity contribution in [1.29, 1.82) is 0 Å². The number of nitrogens with zero attached hydrogens (tertiary/aromatic N) is 4. The summed E-state index contributed by atoms with van der Waals surface area (Å²) in [6, 6.07) is 0. The zero-order valence-corrected chi connectivity index (χ0v) is 11.6. The summed E-state index contributed by atoms with van der Waals surface area (Å²) in [7, 11) is 0. The monoisotopic (exact) mass is 277 g/mol. The first-order chi connectivity index (χ1) is 9.24. The molecule has 0 bridgehead atoms. The highest BCUT2D eigenvalue weighted by Gasteiger charge is 2.27. The van der Waals surface area contributed by atoms with Gasteiger partial charge in [0.25, 0.3) is 0 Å². The van der Waals surface area contributed by atoms with Crippen LogP contribution in [0.15, 0.2) is 18.7 Å². The SMILES string of the molecule is Cc1c(Cl)nc(C2CC2)nc1NCCn1ccnc1. The molecule has 3 rings (SSSR count). The Balaban J connectivity index is 1.69. The molecule has 2 aromatic heterocycles. The molecule has 0 unspecified atom stereocenters. The first-order valence-corrected chi connectivity index (χ1v) is 6.85. The highest BCUT2D eigenvalue weighted by molar-refractivity contribution is 6.30. The smallest absolute Gasteiger partial charge is 0.137 e. The Labute approximate surface area is 117 Å². The number of anilines is 1. The van der Waals surface area contributed by atoms with E-state index in [1.165, 1.54) is 12.8 Å². The van der Waals surface area contributed by atoms with Gasteiger partial charge in [-0.2, -0.15) is 0 Å². The highest BCUT2D eigenvalue weighted by atomic mass is 35.5. The van der Waals surface area contributed by atoms with Gasteiger partial charge in [0.1, 0.15) is 16.8 Å². The summed E-state index contributed by atoms with van der Waals surface area (Å²) in [6.45, 7) is 3.58. The van der Waals surface area contributed by atoms with Crippen molar-refractivity contribution >= 4 is 17.4 Å². The van der Waals surface area contributed by atoms with Crippen molar-refractivity contribution in [3.63, 3.8) is 0 Å². The largest absolute Gasteiger partial charge is 0.368 e. The third-order valence-corrected chi connectivity index (χ3v) is 3.64. The third-order valence-electron chi connectivity index (χ3n) is 3.27. The Bertz CT molecular complexity index is 563. The average molecular weight is 278 g/mol. The number of aromatic nitrogens is 4. The molecule has 0 atom stereocenters. The predicted molar refractivity (Wildman–Crippen MR) is 74.5 cm³/mol. The molecule has 1 aliphatic carbocycles. The maximum Gasteiger partial charge on any atom is 0.137 e. The fourth-order valence-corrected chi connectivity index (χ4v) is 2.10. The Morgan fingerprint density at radius 3 is 2.95 bits per heavy atom. The minimum absolute atomic E-state index is 0.507.